The standard InChI is InChI=1S/C23H19ClFN3O2S/c24-15-5-3-4-13(8-15)22(29)26-10-19-17-9-14(17)11-28(19)23(30)20-21(31-12-27-20)16-6-1-2-7-18(16)25/h1-8,12,14,17,19H,9-11H2,(H,26,29)/t14-,17-,19+/m0/s1. The number of halogens is 2. The van der Waals surface area contributed by atoms with Crippen LogP contribution in [0.3, 0.4) is 0 Å². The third-order valence-electron chi connectivity index (χ3n) is 6.01. The van der Waals surface area contributed by atoms with E-state index in [2.05, 4.69) is 10.3 Å². The van der Waals surface area contributed by atoms with E-state index in [9.17, 15) is 14.0 Å². The van der Waals surface area contributed by atoms with E-state index in [1.165, 1.54) is 17.4 Å². The summed E-state index contributed by atoms with van der Waals surface area (Å²) < 4.78 is 14.3. The van der Waals surface area contributed by atoms with Crippen LogP contribution in [0.4, 0.5) is 4.39 Å². The maximum atomic E-state index is 14.3. The van der Waals surface area contributed by atoms with Crippen molar-refractivity contribution in [2.24, 2.45) is 11.8 Å². The van der Waals surface area contributed by atoms with Gasteiger partial charge in [-0.15, -0.1) is 11.3 Å². The molecule has 5 nitrogen and oxygen atoms in total. The number of amides is 2. The van der Waals surface area contributed by atoms with Crippen molar-refractivity contribution in [1.29, 1.82) is 0 Å². The monoisotopic (exact) mass is 455 g/mol. The van der Waals surface area contributed by atoms with E-state index in [1.54, 1.807) is 52.9 Å². The lowest BCUT2D eigenvalue weighted by Crippen LogP contribution is -2.45. The normalized spacial score (nSPS) is 21.6. The molecule has 3 aromatic rings. The fourth-order valence-electron chi connectivity index (χ4n) is 4.37. The second kappa shape index (κ2) is 8.05. The summed E-state index contributed by atoms with van der Waals surface area (Å²) in [4.78, 5) is 32.5. The van der Waals surface area contributed by atoms with Crippen LogP contribution < -0.4 is 5.32 Å². The van der Waals surface area contributed by atoms with Crippen LogP contribution in [0.1, 0.15) is 27.3 Å². The van der Waals surface area contributed by atoms with E-state index in [0.29, 0.717) is 46.0 Å². The quantitative estimate of drug-likeness (QED) is 0.616. The predicted octanol–water partition coefficient (Wildman–Crippen LogP) is 4.49. The lowest BCUT2D eigenvalue weighted by atomic mass is 10.1. The SMILES string of the molecule is O=C(NC[C@@H]1[C@H]2C[C@H]2CN1C(=O)c1ncsc1-c1ccccc1F)c1cccc(Cl)c1. The number of nitrogens with one attached hydrogen (secondary N) is 1. The molecule has 2 aliphatic rings. The van der Waals surface area contributed by atoms with Crippen LogP contribution in [0.15, 0.2) is 54.0 Å². The first-order valence-electron chi connectivity index (χ1n) is 10.1. The topological polar surface area (TPSA) is 62.3 Å². The van der Waals surface area contributed by atoms with Crippen LogP contribution in [0, 0.1) is 17.7 Å². The van der Waals surface area contributed by atoms with Crippen LogP contribution in [0.5, 0.6) is 0 Å². The maximum Gasteiger partial charge on any atom is 0.274 e. The maximum absolute atomic E-state index is 14.3. The second-order valence-electron chi connectivity index (χ2n) is 7.91. The van der Waals surface area contributed by atoms with Crippen molar-refractivity contribution < 1.29 is 14.0 Å². The summed E-state index contributed by atoms with van der Waals surface area (Å²) >= 11 is 7.23. The number of carbonyl (C=O) groups excluding carboxylic acids is 2. The summed E-state index contributed by atoms with van der Waals surface area (Å²) in [6, 6.07) is 13.1. The average Bonchev–Trinajstić information content (AvgIpc) is 3.20. The van der Waals surface area contributed by atoms with Crippen LogP contribution >= 0.6 is 22.9 Å². The number of aromatic nitrogens is 1. The summed E-state index contributed by atoms with van der Waals surface area (Å²) in [5.74, 6) is 0.00976. The van der Waals surface area contributed by atoms with Crippen molar-refractivity contribution in [1.82, 2.24) is 15.2 Å². The van der Waals surface area contributed by atoms with Crippen molar-refractivity contribution in [3.8, 4) is 10.4 Å². The average molecular weight is 456 g/mol. The largest absolute Gasteiger partial charge is 0.350 e. The van der Waals surface area contributed by atoms with Gasteiger partial charge in [0.2, 0.25) is 0 Å². The van der Waals surface area contributed by atoms with Gasteiger partial charge in [0.1, 0.15) is 11.5 Å². The minimum absolute atomic E-state index is 0.101. The molecule has 0 radical (unpaired) electrons. The van der Waals surface area contributed by atoms with Gasteiger partial charge >= 0.3 is 0 Å². The van der Waals surface area contributed by atoms with Gasteiger partial charge in [0.15, 0.2) is 0 Å². The van der Waals surface area contributed by atoms with E-state index in [1.807, 2.05) is 0 Å². The Morgan fingerprint density at radius 2 is 2.06 bits per heavy atom. The van der Waals surface area contributed by atoms with Gasteiger partial charge in [0.25, 0.3) is 11.8 Å². The molecule has 0 spiro atoms. The molecule has 2 fully saturated rings. The fraction of sp³-hybridized carbons (Fsp3) is 0.261. The molecule has 1 aliphatic carbocycles. The minimum atomic E-state index is -0.379. The van der Waals surface area contributed by atoms with Gasteiger partial charge in [-0.3, -0.25) is 9.59 Å². The Bertz CT molecular complexity index is 1170. The van der Waals surface area contributed by atoms with Gasteiger partial charge in [-0.2, -0.15) is 0 Å². The number of hydrogen-bond acceptors (Lipinski definition) is 4. The molecule has 8 heteroatoms. The van der Waals surface area contributed by atoms with Gasteiger partial charge in [-0.25, -0.2) is 9.37 Å². The van der Waals surface area contributed by atoms with Gasteiger partial charge in [-0.1, -0.05) is 35.9 Å². The number of likely N-dealkylation sites (tertiary alicyclic amines) is 1. The summed E-state index contributed by atoms with van der Waals surface area (Å²) in [7, 11) is 0. The number of rotatable bonds is 5. The molecule has 1 aliphatic heterocycles. The number of thiazole rings is 1. The van der Waals surface area contributed by atoms with E-state index in [0.717, 1.165) is 6.42 Å². The molecular formula is C23H19ClFN3O2S. The van der Waals surface area contributed by atoms with E-state index >= 15 is 0 Å². The number of piperidine rings is 1. The zero-order valence-electron chi connectivity index (χ0n) is 16.4. The molecule has 1 saturated heterocycles. The molecule has 0 unspecified atom stereocenters. The summed E-state index contributed by atoms with van der Waals surface area (Å²) in [6.07, 6.45) is 1.05. The lowest BCUT2D eigenvalue weighted by Gasteiger charge is -2.27. The lowest BCUT2D eigenvalue weighted by molar-refractivity contribution is 0.0690. The highest BCUT2D eigenvalue weighted by molar-refractivity contribution is 7.13. The molecule has 1 aromatic heterocycles. The van der Waals surface area contributed by atoms with Crippen molar-refractivity contribution in [2.75, 3.05) is 13.1 Å². The summed E-state index contributed by atoms with van der Waals surface area (Å²) in [5.41, 5.74) is 2.70. The Morgan fingerprint density at radius 3 is 2.87 bits per heavy atom. The first-order valence-corrected chi connectivity index (χ1v) is 11.3. The summed E-state index contributed by atoms with van der Waals surface area (Å²) in [6.45, 7) is 0.993. The van der Waals surface area contributed by atoms with Crippen LogP contribution in [0.25, 0.3) is 10.4 Å². The zero-order chi connectivity index (χ0) is 21.5. The first-order chi connectivity index (χ1) is 15.0. The fourth-order valence-corrected chi connectivity index (χ4v) is 5.36. The van der Waals surface area contributed by atoms with Crippen molar-refractivity contribution in [3.63, 3.8) is 0 Å². The van der Waals surface area contributed by atoms with Gasteiger partial charge in [0.05, 0.1) is 16.4 Å². The van der Waals surface area contributed by atoms with Crippen LogP contribution in [-0.4, -0.2) is 40.8 Å². The first kappa shape index (κ1) is 20.2. The Labute approximate surface area is 187 Å². The molecule has 1 saturated carbocycles. The highest BCUT2D eigenvalue weighted by Gasteiger charge is 2.54. The molecule has 2 amide bonds. The second-order valence-corrected chi connectivity index (χ2v) is 9.21. The third kappa shape index (κ3) is 3.83. The van der Waals surface area contributed by atoms with Crippen LogP contribution in [-0.2, 0) is 0 Å². The number of fused-ring (bicyclic) bond motifs is 1. The number of nitrogens with zero attached hydrogens (tertiary/aromatic N) is 2. The summed E-state index contributed by atoms with van der Waals surface area (Å²) in [5, 5.41) is 3.44. The Kier molecular flexibility index (Phi) is 5.24. The van der Waals surface area contributed by atoms with Crippen molar-refractivity contribution in [2.45, 2.75) is 12.5 Å². The van der Waals surface area contributed by atoms with E-state index in [4.69, 9.17) is 11.6 Å². The third-order valence-corrected chi connectivity index (χ3v) is 7.11. The van der Waals surface area contributed by atoms with Gasteiger partial charge in [0, 0.05) is 29.2 Å². The zero-order valence-corrected chi connectivity index (χ0v) is 18.0. The Hall–Kier alpha value is -2.77. The molecular weight excluding hydrogens is 437 g/mol. The highest BCUT2D eigenvalue weighted by atomic mass is 35.5. The molecule has 5 rings (SSSR count). The number of benzene rings is 2. The molecule has 158 valence electrons. The number of hydrogen-bond donors (Lipinski definition) is 1. The number of carbonyl (C=O) groups is 2. The Morgan fingerprint density at radius 1 is 1.23 bits per heavy atom. The Balaban J connectivity index is 1.34. The molecule has 2 heterocycles. The van der Waals surface area contributed by atoms with Gasteiger partial charge < -0.3 is 10.2 Å². The van der Waals surface area contributed by atoms with E-state index < -0.39 is 0 Å². The molecule has 31 heavy (non-hydrogen) atoms. The highest BCUT2D eigenvalue weighted by Crippen LogP contribution is 2.50. The van der Waals surface area contributed by atoms with E-state index in [-0.39, 0.29) is 29.4 Å². The van der Waals surface area contributed by atoms with Crippen LogP contribution in [0.2, 0.25) is 5.02 Å². The molecule has 3 atom stereocenters. The molecule has 2 aromatic carbocycles. The van der Waals surface area contributed by atoms with Gasteiger partial charge in [-0.05, 0) is 42.5 Å². The predicted molar refractivity (Wildman–Crippen MR) is 118 cm³/mol. The molecule has 0 bridgehead atoms. The van der Waals surface area contributed by atoms with Crippen molar-refractivity contribution >= 4 is 34.8 Å². The minimum Gasteiger partial charge on any atom is -0.350 e. The molecule has 1 N–H and O–H groups in total. The smallest absolute Gasteiger partial charge is 0.274 e. The van der Waals surface area contributed by atoms with Crippen molar-refractivity contribution in [3.05, 3.63) is 76.1 Å².